The van der Waals surface area contributed by atoms with Gasteiger partial charge in [0.15, 0.2) is 0 Å². The molecule has 186 valence electrons. The Hall–Kier alpha value is -3.66. The second-order valence-corrected chi connectivity index (χ2v) is 9.36. The van der Waals surface area contributed by atoms with Crippen molar-refractivity contribution in [1.29, 1.82) is 0 Å². The molecule has 1 N–H and O–H groups in total. The van der Waals surface area contributed by atoms with Gasteiger partial charge in [0.2, 0.25) is 11.8 Å². The van der Waals surface area contributed by atoms with E-state index in [1.54, 1.807) is 27.0 Å². The maximum atomic E-state index is 13.5. The van der Waals surface area contributed by atoms with E-state index in [0.29, 0.717) is 43.8 Å². The third kappa shape index (κ3) is 6.07. The molecule has 1 atom stereocenters. The van der Waals surface area contributed by atoms with Crippen LogP contribution in [-0.2, 0) is 20.8 Å². The highest BCUT2D eigenvalue weighted by atomic mass is 16.6. The Labute approximate surface area is 203 Å². The van der Waals surface area contributed by atoms with Crippen LogP contribution in [0.2, 0.25) is 0 Å². The van der Waals surface area contributed by atoms with Crippen molar-refractivity contribution in [2.45, 2.75) is 45.9 Å². The molecule has 10 heteroatoms. The Morgan fingerprint density at radius 2 is 1.91 bits per heavy atom. The summed E-state index contributed by atoms with van der Waals surface area (Å²) < 4.78 is 17.9. The molecule has 0 spiro atoms. The maximum Gasteiger partial charge on any atom is 0.326 e. The number of hydrogen-bond donors (Lipinski definition) is 1. The van der Waals surface area contributed by atoms with E-state index in [1.807, 2.05) is 42.2 Å². The zero-order valence-corrected chi connectivity index (χ0v) is 20.5. The highest BCUT2D eigenvalue weighted by Gasteiger charge is 2.24. The minimum absolute atomic E-state index is 0.248. The van der Waals surface area contributed by atoms with Crippen LogP contribution >= 0.6 is 0 Å². The normalized spacial score (nSPS) is 15.0. The minimum atomic E-state index is -0.666. The molecule has 1 aliphatic rings. The SMILES string of the molecule is C[C@@H](Nc1cnc(N2CCOCC2)n(CC(=O)OC(C)(C)C)c1=O)c1coc(-c2ccccc2)n1. The molecular weight excluding hydrogens is 450 g/mol. The van der Waals surface area contributed by atoms with Crippen molar-refractivity contribution in [3.63, 3.8) is 0 Å². The molecule has 1 fully saturated rings. The van der Waals surface area contributed by atoms with Crippen LogP contribution in [-0.4, -0.2) is 52.4 Å². The lowest BCUT2D eigenvalue weighted by atomic mass is 10.2. The van der Waals surface area contributed by atoms with Crippen LogP contribution in [0.5, 0.6) is 0 Å². The lowest BCUT2D eigenvalue weighted by molar-refractivity contribution is -0.155. The first-order chi connectivity index (χ1) is 16.7. The van der Waals surface area contributed by atoms with Crippen LogP contribution < -0.4 is 15.8 Å². The fourth-order valence-electron chi connectivity index (χ4n) is 3.75. The number of oxazole rings is 1. The average molecular weight is 482 g/mol. The van der Waals surface area contributed by atoms with Crippen LogP contribution in [0, 0.1) is 0 Å². The largest absolute Gasteiger partial charge is 0.459 e. The molecule has 10 nitrogen and oxygen atoms in total. The molecule has 3 aromatic rings. The number of nitrogens with zero attached hydrogens (tertiary/aromatic N) is 4. The summed E-state index contributed by atoms with van der Waals surface area (Å²) in [6, 6.07) is 9.24. The number of carbonyl (C=O) groups excluding carboxylic acids is 1. The standard InChI is InChI=1S/C25H31N5O5/c1-17(20-16-34-22(28-20)18-8-6-5-7-9-18)27-19-14-26-24(29-10-12-33-13-11-29)30(23(19)32)15-21(31)35-25(2,3)4/h5-9,14,16-17,27H,10-13,15H2,1-4H3/t17-/m1/s1. The van der Waals surface area contributed by atoms with Gasteiger partial charge in [0.1, 0.15) is 29.8 Å². The van der Waals surface area contributed by atoms with Crippen molar-refractivity contribution in [3.8, 4) is 11.5 Å². The molecule has 1 aliphatic heterocycles. The summed E-state index contributed by atoms with van der Waals surface area (Å²) in [4.78, 5) is 37.1. The van der Waals surface area contributed by atoms with Gasteiger partial charge < -0.3 is 24.1 Å². The molecule has 0 bridgehead atoms. The number of rotatable bonds is 7. The van der Waals surface area contributed by atoms with Crippen LogP contribution in [0.1, 0.15) is 39.4 Å². The van der Waals surface area contributed by atoms with Gasteiger partial charge in [-0.2, -0.15) is 0 Å². The number of anilines is 2. The summed E-state index contributed by atoms with van der Waals surface area (Å²) in [5.74, 6) is 0.401. The highest BCUT2D eigenvalue weighted by molar-refractivity contribution is 5.70. The van der Waals surface area contributed by atoms with E-state index in [4.69, 9.17) is 13.9 Å². The van der Waals surface area contributed by atoms with Crippen molar-refractivity contribution in [1.82, 2.24) is 14.5 Å². The minimum Gasteiger partial charge on any atom is -0.459 e. The van der Waals surface area contributed by atoms with Gasteiger partial charge in [0, 0.05) is 18.7 Å². The van der Waals surface area contributed by atoms with Crippen LogP contribution in [0.3, 0.4) is 0 Å². The maximum absolute atomic E-state index is 13.5. The van der Waals surface area contributed by atoms with Crippen molar-refractivity contribution >= 4 is 17.6 Å². The molecule has 0 radical (unpaired) electrons. The zero-order chi connectivity index (χ0) is 25.0. The summed E-state index contributed by atoms with van der Waals surface area (Å²) in [5, 5.41) is 3.17. The second kappa shape index (κ2) is 10.3. The zero-order valence-electron chi connectivity index (χ0n) is 20.5. The molecule has 3 heterocycles. The first-order valence-corrected chi connectivity index (χ1v) is 11.6. The topological polar surface area (TPSA) is 112 Å². The molecule has 1 saturated heterocycles. The van der Waals surface area contributed by atoms with Gasteiger partial charge in [0.05, 0.1) is 25.5 Å². The van der Waals surface area contributed by atoms with Crippen molar-refractivity contribution in [2.75, 3.05) is 36.5 Å². The van der Waals surface area contributed by atoms with Gasteiger partial charge in [-0.3, -0.25) is 14.2 Å². The van der Waals surface area contributed by atoms with Gasteiger partial charge in [-0.1, -0.05) is 18.2 Å². The molecule has 4 rings (SSSR count). The summed E-state index contributed by atoms with van der Waals surface area (Å²) in [7, 11) is 0. The Kier molecular flexibility index (Phi) is 7.20. The fourth-order valence-corrected chi connectivity index (χ4v) is 3.75. The molecule has 0 amide bonds. The van der Waals surface area contributed by atoms with E-state index in [1.165, 1.54) is 10.8 Å². The third-order valence-electron chi connectivity index (χ3n) is 5.39. The summed E-state index contributed by atoms with van der Waals surface area (Å²) >= 11 is 0. The number of nitrogens with one attached hydrogen (secondary N) is 1. The van der Waals surface area contributed by atoms with Crippen LogP contribution in [0.4, 0.5) is 11.6 Å². The molecule has 0 aliphatic carbocycles. The number of hydrogen-bond acceptors (Lipinski definition) is 9. The van der Waals surface area contributed by atoms with Crippen LogP contribution in [0.15, 0.2) is 52.0 Å². The Morgan fingerprint density at radius 3 is 2.60 bits per heavy atom. The first-order valence-electron chi connectivity index (χ1n) is 11.6. The predicted molar refractivity (Wildman–Crippen MR) is 131 cm³/mol. The van der Waals surface area contributed by atoms with Gasteiger partial charge in [0.25, 0.3) is 5.56 Å². The number of carbonyl (C=O) groups is 1. The summed E-state index contributed by atoms with van der Waals surface area (Å²) in [6.45, 7) is 9.19. The number of aromatic nitrogens is 3. The van der Waals surface area contributed by atoms with Gasteiger partial charge in [-0.25, -0.2) is 9.97 Å². The Balaban J connectivity index is 1.59. The third-order valence-corrected chi connectivity index (χ3v) is 5.39. The van der Waals surface area contributed by atoms with Gasteiger partial charge in [-0.05, 0) is 39.8 Å². The molecule has 0 saturated carbocycles. The average Bonchev–Trinajstić information content (AvgIpc) is 3.32. The van der Waals surface area contributed by atoms with Gasteiger partial charge in [-0.15, -0.1) is 0 Å². The second-order valence-electron chi connectivity index (χ2n) is 9.36. The molecule has 0 unspecified atom stereocenters. The van der Waals surface area contributed by atoms with Gasteiger partial charge >= 0.3 is 5.97 Å². The lowest BCUT2D eigenvalue weighted by Gasteiger charge is -2.30. The van der Waals surface area contributed by atoms with E-state index < -0.39 is 11.6 Å². The van der Waals surface area contributed by atoms with E-state index in [-0.39, 0.29) is 23.8 Å². The Morgan fingerprint density at radius 1 is 1.20 bits per heavy atom. The number of esters is 1. The van der Waals surface area contributed by atoms with Crippen molar-refractivity contribution in [3.05, 3.63) is 58.8 Å². The highest BCUT2D eigenvalue weighted by Crippen LogP contribution is 2.23. The quantitative estimate of drug-likeness (QED) is 0.508. The Bertz CT molecular complexity index is 1210. The van der Waals surface area contributed by atoms with E-state index in [0.717, 1.165) is 5.56 Å². The fraction of sp³-hybridized carbons (Fsp3) is 0.440. The van der Waals surface area contributed by atoms with E-state index in [2.05, 4.69) is 15.3 Å². The lowest BCUT2D eigenvalue weighted by Crippen LogP contribution is -2.42. The summed E-state index contributed by atoms with van der Waals surface area (Å²) in [5.41, 5.74) is 0.718. The van der Waals surface area contributed by atoms with Crippen molar-refractivity contribution < 1.29 is 18.7 Å². The van der Waals surface area contributed by atoms with E-state index in [9.17, 15) is 9.59 Å². The smallest absolute Gasteiger partial charge is 0.326 e. The molecular formula is C25H31N5O5. The molecule has 35 heavy (non-hydrogen) atoms. The van der Waals surface area contributed by atoms with E-state index >= 15 is 0 Å². The van der Waals surface area contributed by atoms with Crippen molar-refractivity contribution in [2.24, 2.45) is 0 Å². The number of ether oxygens (including phenoxy) is 2. The number of benzene rings is 1. The summed E-state index contributed by atoms with van der Waals surface area (Å²) in [6.07, 6.45) is 3.06. The number of morpholine rings is 1. The monoisotopic (exact) mass is 481 g/mol. The van der Waals surface area contributed by atoms with Crippen LogP contribution in [0.25, 0.3) is 11.5 Å². The predicted octanol–water partition coefficient (Wildman–Crippen LogP) is 3.25. The molecule has 2 aromatic heterocycles. The first kappa shape index (κ1) is 24.5. The molecule has 1 aromatic carbocycles.